The molecule has 1 aliphatic rings. The largest absolute Gasteiger partial charge is 0.507 e. The Balaban J connectivity index is 1.89. The van der Waals surface area contributed by atoms with Crippen LogP contribution in [0.5, 0.6) is 5.75 Å². The smallest absolute Gasteiger partial charge is 0.189 e. The molecular formula is C24H35N5O2. The van der Waals surface area contributed by atoms with Crippen LogP contribution in [0.1, 0.15) is 46.1 Å². The molecule has 0 atom stereocenters. The van der Waals surface area contributed by atoms with E-state index in [4.69, 9.17) is 11.5 Å². The molecule has 0 spiro atoms. The lowest BCUT2D eigenvalue weighted by Gasteiger charge is -2.49. The Bertz CT molecular complexity index is 1090. The maximum Gasteiger partial charge on any atom is 0.189 e. The summed E-state index contributed by atoms with van der Waals surface area (Å²) in [6, 6.07) is 4.96. The van der Waals surface area contributed by atoms with Crippen molar-refractivity contribution in [2.75, 3.05) is 7.05 Å². The van der Waals surface area contributed by atoms with Crippen molar-refractivity contribution in [3.63, 3.8) is 0 Å². The Morgan fingerprint density at radius 3 is 2.42 bits per heavy atom. The molecule has 1 fully saturated rings. The molecule has 1 saturated heterocycles. The van der Waals surface area contributed by atoms with Crippen LogP contribution in [0.25, 0.3) is 16.6 Å². The average Bonchev–Trinajstić information content (AvgIpc) is 2.65. The number of pyridine rings is 1. The van der Waals surface area contributed by atoms with Crippen LogP contribution >= 0.6 is 0 Å². The first kappa shape index (κ1) is 22.7. The SMILES string of the molecule is CN(/C(N)=C/C=C(\N)c1cc2c(cc1O)c(=O)ccn2C)C1CC(C)(C)NC(C)(C)C1. The van der Waals surface area contributed by atoms with E-state index in [1.807, 2.05) is 18.7 Å². The molecule has 0 amide bonds. The Morgan fingerprint density at radius 1 is 1.19 bits per heavy atom. The Morgan fingerprint density at radius 2 is 1.81 bits per heavy atom. The van der Waals surface area contributed by atoms with Crippen molar-refractivity contribution < 1.29 is 5.11 Å². The van der Waals surface area contributed by atoms with E-state index in [0.717, 1.165) is 12.8 Å². The van der Waals surface area contributed by atoms with E-state index in [0.29, 0.717) is 34.0 Å². The Kier molecular flexibility index (Phi) is 5.84. The van der Waals surface area contributed by atoms with E-state index in [1.54, 1.807) is 24.4 Å². The molecule has 2 heterocycles. The average molecular weight is 426 g/mol. The van der Waals surface area contributed by atoms with Crippen molar-refractivity contribution in [2.45, 2.75) is 57.7 Å². The number of aromatic nitrogens is 1. The Labute approximate surface area is 184 Å². The van der Waals surface area contributed by atoms with E-state index in [1.165, 1.54) is 12.1 Å². The van der Waals surface area contributed by atoms with Gasteiger partial charge in [0.25, 0.3) is 0 Å². The lowest BCUT2D eigenvalue weighted by atomic mass is 9.79. The van der Waals surface area contributed by atoms with Gasteiger partial charge in [0.15, 0.2) is 5.43 Å². The minimum absolute atomic E-state index is 0.0165. The number of aryl methyl sites for hydroxylation is 1. The molecule has 0 aliphatic carbocycles. The maximum absolute atomic E-state index is 12.1. The number of nitrogens with zero attached hydrogens (tertiary/aromatic N) is 2. The fraction of sp³-hybridized carbons (Fsp3) is 0.458. The zero-order chi connectivity index (χ0) is 23.1. The number of hydrogen-bond acceptors (Lipinski definition) is 6. The third-order valence-electron chi connectivity index (χ3n) is 6.08. The fourth-order valence-corrected chi connectivity index (χ4v) is 4.78. The highest BCUT2D eigenvalue weighted by Gasteiger charge is 2.39. The van der Waals surface area contributed by atoms with Gasteiger partial charge in [0.2, 0.25) is 0 Å². The van der Waals surface area contributed by atoms with Crippen LogP contribution in [-0.2, 0) is 7.05 Å². The highest BCUT2D eigenvalue weighted by atomic mass is 16.3. The molecule has 31 heavy (non-hydrogen) atoms. The summed E-state index contributed by atoms with van der Waals surface area (Å²) in [6.07, 6.45) is 7.11. The first-order chi connectivity index (χ1) is 14.3. The summed E-state index contributed by atoms with van der Waals surface area (Å²) in [4.78, 5) is 14.2. The molecule has 0 unspecified atom stereocenters. The highest BCUT2D eigenvalue weighted by molar-refractivity contribution is 5.86. The van der Waals surface area contributed by atoms with Crippen molar-refractivity contribution in [2.24, 2.45) is 18.5 Å². The zero-order valence-corrected chi connectivity index (χ0v) is 19.4. The number of allylic oxidation sites excluding steroid dienone is 2. The number of hydrogen-bond donors (Lipinski definition) is 4. The van der Waals surface area contributed by atoms with E-state index in [9.17, 15) is 9.90 Å². The van der Waals surface area contributed by atoms with E-state index >= 15 is 0 Å². The van der Waals surface area contributed by atoms with Crippen LogP contribution in [0.2, 0.25) is 0 Å². The van der Waals surface area contributed by atoms with Gasteiger partial charge >= 0.3 is 0 Å². The third-order valence-corrected chi connectivity index (χ3v) is 6.08. The van der Waals surface area contributed by atoms with Crippen molar-refractivity contribution in [1.82, 2.24) is 14.8 Å². The minimum Gasteiger partial charge on any atom is -0.507 e. The second-order valence-corrected chi connectivity index (χ2v) is 9.96. The minimum atomic E-state index is -0.143. The van der Waals surface area contributed by atoms with E-state index in [-0.39, 0.29) is 22.3 Å². The molecule has 2 aromatic rings. The monoisotopic (exact) mass is 425 g/mol. The summed E-state index contributed by atoms with van der Waals surface area (Å²) >= 11 is 0. The van der Waals surface area contributed by atoms with Gasteiger partial charge in [-0.2, -0.15) is 0 Å². The number of fused-ring (bicyclic) bond motifs is 1. The van der Waals surface area contributed by atoms with Crippen LogP contribution in [0.3, 0.4) is 0 Å². The molecule has 1 aliphatic heterocycles. The number of aromatic hydroxyl groups is 1. The predicted octanol–water partition coefficient (Wildman–Crippen LogP) is 2.58. The summed E-state index contributed by atoms with van der Waals surface area (Å²) in [6.45, 7) is 8.84. The third kappa shape index (κ3) is 4.88. The van der Waals surface area contributed by atoms with Crippen LogP contribution in [0, 0.1) is 0 Å². The van der Waals surface area contributed by atoms with Gasteiger partial charge in [-0.3, -0.25) is 4.79 Å². The lowest BCUT2D eigenvalue weighted by molar-refractivity contribution is 0.0981. The molecule has 3 rings (SSSR count). The van der Waals surface area contributed by atoms with Crippen molar-refractivity contribution in [1.29, 1.82) is 0 Å². The molecule has 1 aromatic heterocycles. The fourth-order valence-electron chi connectivity index (χ4n) is 4.78. The molecule has 168 valence electrons. The van der Waals surface area contributed by atoms with E-state index < -0.39 is 0 Å². The normalized spacial score (nSPS) is 19.5. The maximum atomic E-state index is 12.1. The number of phenols is 1. The van der Waals surface area contributed by atoms with Gasteiger partial charge in [0.1, 0.15) is 5.75 Å². The second-order valence-electron chi connectivity index (χ2n) is 9.96. The molecule has 7 nitrogen and oxygen atoms in total. The van der Waals surface area contributed by atoms with Crippen LogP contribution in [0.4, 0.5) is 0 Å². The van der Waals surface area contributed by atoms with Crippen molar-refractivity contribution in [3.05, 3.63) is 58.2 Å². The van der Waals surface area contributed by atoms with E-state index in [2.05, 4.69) is 37.9 Å². The molecule has 1 aromatic carbocycles. The van der Waals surface area contributed by atoms with Gasteiger partial charge in [-0.15, -0.1) is 0 Å². The van der Waals surface area contributed by atoms with Crippen molar-refractivity contribution in [3.8, 4) is 5.75 Å². The number of nitrogens with two attached hydrogens (primary N) is 2. The number of nitrogens with one attached hydrogen (secondary N) is 1. The number of benzene rings is 1. The molecule has 6 N–H and O–H groups in total. The molecular weight excluding hydrogens is 390 g/mol. The molecule has 0 saturated carbocycles. The first-order valence-corrected chi connectivity index (χ1v) is 10.6. The van der Waals surface area contributed by atoms with Crippen LogP contribution < -0.4 is 22.2 Å². The molecule has 0 radical (unpaired) electrons. The number of piperidine rings is 1. The van der Waals surface area contributed by atoms with Gasteiger partial charge in [0.05, 0.1) is 11.3 Å². The van der Waals surface area contributed by atoms with Crippen LogP contribution in [-0.4, -0.2) is 38.7 Å². The Hall–Kier alpha value is -2.93. The predicted molar refractivity (Wildman–Crippen MR) is 127 cm³/mol. The summed E-state index contributed by atoms with van der Waals surface area (Å²) in [7, 11) is 3.85. The summed E-state index contributed by atoms with van der Waals surface area (Å²) in [5, 5.41) is 14.6. The van der Waals surface area contributed by atoms with Gasteiger partial charge in [0, 0.05) is 60.1 Å². The summed E-state index contributed by atoms with van der Waals surface area (Å²) in [5.74, 6) is 0.570. The van der Waals surface area contributed by atoms with Crippen LogP contribution in [0.15, 0.2) is 47.2 Å². The van der Waals surface area contributed by atoms with Gasteiger partial charge in [-0.25, -0.2) is 0 Å². The van der Waals surface area contributed by atoms with Gasteiger partial charge in [-0.1, -0.05) is 0 Å². The molecule has 7 heteroatoms. The molecule has 0 bridgehead atoms. The quantitative estimate of drug-likeness (QED) is 0.561. The standard InChI is InChI=1S/C24H35N5O2/c1-23(2)13-15(14-24(3,4)27-23)29(6)22(26)8-7-18(25)16-11-19-17(12-21(16)31)20(30)9-10-28(19)5/h7-12,15,27,31H,13-14,25-26H2,1-6H3/b18-7-,22-8+. The van der Waals surface area contributed by atoms with Gasteiger partial charge < -0.3 is 31.4 Å². The van der Waals surface area contributed by atoms with Gasteiger partial charge in [-0.05, 0) is 64.8 Å². The second kappa shape index (κ2) is 7.96. The number of phenolic OH excluding ortho intramolecular Hbond substituents is 1. The topological polar surface area (TPSA) is 110 Å². The summed E-state index contributed by atoms with van der Waals surface area (Å²) in [5.41, 5.74) is 14.1. The zero-order valence-electron chi connectivity index (χ0n) is 19.4. The summed E-state index contributed by atoms with van der Waals surface area (Å²) < 4.78 is 1.82. The van der Waals surface area contributed by atoms with Crippen molar-refractivity contribution >= 4 is 16.6 Å². The number of rotatable bonds is 4. The highest BCUT2D eigenvalue weighted by Crippen LogP contribution is 2.32. The first-order valence-electron chi connectivity index (χ1n) is 10.6. The lowest BCUT2D eigenvalue weighted by Crippen LogP contribution is -2.61.